The van der Waals surface area contributed by atoms with Gasteiger partial charge in [0, 0.05) is 26.5 Å². The largest absolute Gasteiger partial charge is 0.393 e. The first-order valence-electron chi connectivity index (χ1n) is 7.14. The Labute approximate surface area is 115 Å². The summed E-state index contributed by atoms with van der Waals surface area (Å²) < 4.78 is 7.45. The topological polar surface area (TPSA) is 60.2 Å². The number of aliphatic hydroxyl groups is 1. The van der Waals surface area contributed by atoms with Crippen LogP contribution in [-0.4, -0.2) is 38.7 Å². The zero-order chi connectivity index (χ0) is 13.9. The molecule has 1 atom stereocenters. The molecule has 0 spiro atoms. The highest BCUT2D eigenvalue weighted by atomic mass is 16.5. The monoisotopic (exact) mass is 267 g/mol. The van der Waals surface area contributed by atoms with Crippen LogP contribution in [0.2, 0.25) is 0 Å². The highest BCUT2D eigenvalue weighted by Gasteiger charge is 2.38. The highest BCUT2D eigenvalue weighted by Crippen LogP contribution is 2.39. The first-order chi connectivity index (χ1) is 9.04. The summed E-state index contributed by atoms with van der Waals surface area (Å²) in [6.07, 6.45) is 5.72. The number of rotatable bonds is 7. The van der Waals surface area contributed by atoms with Gasteiger partial charge < -0.3 is 9.84 Å². The molecule has 0 aromatic carbocycles. The lowest BCUT2D eigenvalue weighted by Crippen LogP contribution is -2.42. The Kier molecular flexibility index (Phi) is 4.58. The van der Waals surface area contributed by atoms with Crippen molar-refractivity contribution in [2.24, 2.45) is 5.92 Å². The van der Waals surface area contributed by atoms with Crippen molar-refractivity contribution in [3.63, 3.8) is 0 Å². The van der Waals surface area contributed by atoms with Gasteiger partial charge in [-0.25, -0.2) is 9.67 Å². The molecule has 5 nitrogen and oxygen atoms in total. The van der Waals surface area contributed by atoms with Crippen LogP contribution in [0.5, 0.6) is 0 Å². The summed E-state index contributed by atoms with van der Waals surface area (Å²) in [5.41, 5.74) is -0.0949. The van der Waals surface area contributed by atoms with E-state index in [1.165, 1.54) is 6.42 Å². The fraction of sp³-hybridized carbons (Fsp3) is 0.857. The predicted octanol–water partition coefficient (Wildman–Crippen LogP) is 1.80. The van der Waals surface area contributed by atoms with Crippen molar-refractivity contribution >= 4 is 0 Å². The van der Waals surface area contributed by atoms with Gasteiger partial charge in [-0.3, -0.25) is 0 Å². The number of hydrogen-bond acceptors (Lipinski definition) is 4. The summed E-state index contributed by atoms with van der Waals surface area (Å²) in [4.78, 5) is 4.26. The van der Waals surface area contributed by atoms with Crippen LogP contribution in [-0.2, 0) is 17.7 Å². The summed E-state index contributed by atoms with van der Waals surface area (Å²) in [5.74, 6) is 1.39. The maximum Gasteiger partial charge on any atom is 0.138 e. The molecule has 1 aliphatic rings. The fourth-order valence-electron chi connectivity index (χ4n) is 2.72. The molecule has 1 aliphatic carbocycles. The quantitative estimate of drug-likeness (QED) is 0.818. The molecule has 5 heteroatoms. The predicted molar refractivity (Wildman–Crippen MR) is 72.8 cm³/mol. The summed E-state index contributed by atoms with van der Waals surface area (Å²) in [5, 5.41) is 14.5. The van der Waals surface area contributed by atoms with Gasteiger partial charge in [-0.1, -0.05) is 13.8 Å². The van der Waals surface area contributed by atoms with E-state index in [2.05, 4.69) is 23.9 Å². The SMILES string of the molecule is COC1(CC(O)Cc2ncnn2CC(C)C)CCC1. The number of aromatic nitrogens is 3. The van der Waals surface area contributed by atoms with Crippen molar-refractivity contribution in [2.45, 2.75) is 64.2 Å². The van der Waals surface area contributed by atoms with E-state index in [0.717, 1.165) is 25.2 Å². The fourth-order valence-corrected chi connectivity index (χ4v) is 2.72. The van der Waals surface area contributed by atoms with E-state index < -0.39 is 6.10 Å². The molecule has 1 aromatic rings. The van der Waals surface area contributed by atoms with Gasteiger partial charge in [0.1, 0.15) is 12.2 Å². The van der Waals surface area contributed by atoms with Crippen LogP contribution in [0.1, 0.15) is 45.4 Å². The Bertz CT molecular complexity index is 394. The van der Waals surface area contributed by atoms with Crippen LogP contribution in [0.15, 0.2) is 6.33 Å². The maximum absolute atomic E-state index is 10.3. The summed E-state index contributed by atoms with van der Waals surface area (Å²) in [7, 11) is 1.74. The van der Waals surface area contributed by atoms with E-state index in [1.54, 1.807) is 13.4 Å². The first kappa shape index (κ1) is 14.5. The zero-order valence-corrected chi connectivity index (χ0v) is 12.2. The average molecular weight is 267 g/mol. The first-order valence-corrected chi connectivity index (χ1v) is 7.14. The summed E-state index contributed by atoms with van der Waals surface area (Å²) in [6, 6.07) is 0. The molecule has 0 bridgehead atoms. The minimum absolute atomic E-state index is 0.0949. The second kappa shape index (κ2) is 6.01. The van der Waals surface area contributed by atoms with E-state index in [-0.39, 0.29) is 5.60 Å². The Hall–Kier alpha value is -0.940. The van der Waals surface area contributed by atoms with Crippen LogP contribution < -0.4 is 0 Å². The molecule has 1 heterocycles. The van der Waals surface area contributed by atoms with Gasteiger partial charge in [0.15, 0.2) is 0 Å². The molecule has 1 aromatic heterocycles. The number of nitrogens with zero attached hydrogens (tertiary/aromatic N) is 3. The lowest BCUT2D eigenvalue weighted by Gasteiger charge is -2.41. The molecular formula is C14H25N3O2. The van der Waals surface area contributed by atoms with Crippen LogP contribution in [0, 0.1) is 5.92 Å². The molecule has 0 aliphatic heterocycles. The van der Waals surface area contributed by atoms with Gasteiger partial charge >= 0.3 is 0 Å². The number of aliphatic hydroxyl groups excluding tert-OH is 1. The molecule has 1 N–H and O–H groups in total. The molecule has 0 saturated heterocycles. The molecule has 0 amide bonds. The van der Waals surface area contributed by atoms with Crippen molar-refractivity contribution in [3.8, 4) is 0 Å². The summed E-state index contributed by atoms with van der Waals surface area (Å²) >= 11 is 0. The van der Waals surface area contributed by atoms with E-state index in [0.29, 0.717) is 18.8 Å². The number of ether oxygens (including phenoxy) is 1. The van der Waals surface area contributed by atoms with Crippen molar-refractivity contribution in [1.29, 1.82) is 0 Å². The lowest BCUT2D eigenvalue weighted by atomic mass is 9.76. The highest BCUT2D eigenvalue weighted by molar-refractivity contribution is 4.95. The number of hydrogen-bond donors (Lipinski definition) is 1. The van der Waals surface area contributed by atoms with Crippen LogP contribution >= 0.6 is 0 Å². The third-order valence-corrected chi connectivity index (χ3v) is 3.96. The van der Waals surface area contributed by atoms with E-state index >= 15 is 0 Å². The van der Waals surface area contributed by atoms with E-state index in [4.69, 9.17) is 4.74 Å². The van der Waals surface area contributed by atoms with Gasteiger partial charge in [0.2, 0.25) is 0 Å². The molecule has 1 fully saturated rings. The Morgan fingerprint density at radius 2 is 2.21 bits per heavy atom. The second-order valence-electron chi connectivity index (χ2n) is 6.05. The summed E-state index contributed by atoms with van der Waals surface area (Å²) in [6.45, 7) is 5.14. The van der Waals surface area contributed by atoms with Gasteiger partial charge in [-0.2, -0.15) is 5.10 Å². The third-order valence-electron chi connectivity index (χ3n) is 3.96. The van der Waals surface area contributed by atoms with Crippen molar-refractivity contribution < 1.29 is 9.84 Å². The Balaban J connectivity index is 1.91. The molecule has 19 heavy (non-hydrogen) atoms. The van der Waals surface area contributed by atoms with Gasteiger partial charge in [-0.15, -0.1) is 0 Å². The third kappa shape index (κ3) is 3.54. The van der Waals surface area contributed by atoms with E-state index in [9.17, 15) is 5.11 Å². The standard InChI is InChI=1S/C14H25N3O2/c1-11(2)9-17-13(15-10-16-17)7-12(18)8-14(19-3)5-4-6-14/h10-12,18H,4-9H2,1-3H3. The molecule has 1 saturated carbocycles. The van der Waals surface area contributed by atoms with Crippen molar-refractivity contribution in [1.82, 2.24) is 14.8 Å². The van der Waals surface area contributed by atoms with Gasteiger partial charge in [-0.05, 0) is 25.2 Å². The van der Waals surface area contributed by atoms with Crippen LogP contribution in [0.4, 0.5) is 0 Å². The zero-order valence-electron chi connectivity index (χ0n) is 12.2. The Morgan fingerprint density at radius 1 is 1.47 bits per heavy atom. The minimum atomic E-state index is -0.407. The molecular weight excluding hydrogens is 242 g/mol. The normalized spacial score (nSPS) is 19.4. The Morgan fingerprint density at radius 3 is 2.74 bits per heavy atom. The smallest absolute Gasteiger partial charge is 0.138 e. The molecule has 0 radical (unpaired) electrons. The van der Waals surface area contributed by atoms with Crippen molar-refractivity contribution in [3.05, 3.63) is 12.2 Å². The average Bonchev–Trinajstić information content (AvgIpc) is 2.70. The minimum Gasteiger partial charge on any atom is -0.393 e. The van der Waals surface area contributed by atoms with Gasteiger partial charge in [0.05, 0.1) is 11.7 Å². The molecule has 1 unspecified atom stereocenters. The number of methoxy groups -OCH3 is 1. The van der Waals surface area contributed by atoms with E-state index in [1.807, 2.05) is 4.68 Å². The van der Waals surface area contributed by atoms with Crippen LogP contribution in [0.25, 0.3) is 0 Å². The van der Waals surface area contributed by atoms with Crippen LogP contribution in [0.3, 0.4) is 0 Å². The van der Waals surface area contributed by atoms with Gasteiger partial charge in [0.25, 0.3) is 0 Å². The second-order valence-corrected chi connectivity index (χ2v) is 6.05. The maximum atomic E-state index is 10.3. The lowest BCUT2D eigenvalue weighted by molar-refractivity contribution is -0.0992. The van der Waals surface area contributed by atoms with Crippen molar-refractivity contribution in [2.75, 3.05) is 7.11 Å². The molecule has 2 rings (SSSR count). The molecule has 108 valence electrons.